The first-order valence-corrected chi connectivity index (χ1v) is 20.6. The second-order valence-electron chi connectivity index (χ2n) is 14.6. The maximum atomic E-state index is 13.6. The Bertz CT molecular complexity index is 768. The Kier molecular flexibility index (Phi) is 28.6. The molecule has 0 spiro atoms. The molecule has 5 atom stereocenters. The zero-order chi connectivity index (χ0) is 35.2. The second kappa shape index (κ2) is 30.6. The van der Waals surface area contributed by atoms with Crippen LogP contribution in [0, 0.1) is 0 Å². The molecular weight excluding hydrogens is 604 g/mol. The van der Waals surface area contributed by atoms with Gasteiger partial charge in [0.25, 0.3) is 0 Å². The van der Waals surface area contributed by atoms with Crippen molar-refractivity contribution in [2.75, 3.05) is 13.2 Å². The summed E-state index contributed by atoms with van der Waals surface area (Å²) in [5.74, 6) is -0.435. The number of ether oxygens (including phenoxy) is 1. The van der Waals surface area contributed by atoms with Crippen LogP contribution in [0.15, 0.2) is 0 Å². The van der Waals surface area contributed by atoms with Gasteiger partial charge in [0.05, 0.1) is 6.61 Å². The number of aliphatic hydroxyl groups excluding tert-OH is 3. The number of aliphatic hydroxyl groups is 3. The van der Waals surface area contributed by atoms with Gasteiger partial charge in [-0.2, -0.15) is 0 Å². The standard InChI is InChI=1S/C40H78N2O6/c1-4-6-8-10-12-14-16-17-18-19-20-22-24-26-28-30-32-42(36(45)31-29-27-25-23-21-15-13-11-9-7-5-2)40-37(41-34(3)44)39(47)38(46)35(33-43)48-40/h35,37-40,43,46-47H,4-33H2,1-3H3,(H,41,44)/t35-,37+,38-,39-,40-/m1/s1. The van der Waals surface area contributed by atoms with E-state index < -0.39 is 37.2 Å². The van der Waals surface area contributed by atoms with Crippen LogP contribution in [0.2, 0.25) is 0 Å². The van der Waals surface area contributed by atoms with Crippen molar-refractivity contribution in [1.29, 1.82) is 0 Å². The van der Waals surface area contributed by atoms with E-state index in [0.29, 0.717) is 13.0 Å². The van der Waals surface area contributed by atoms with E-state index in [2.05, 4.69) is 19.2 Å². The molecule has 4 N–H and O–H groups in total. The number of unbranched alkanes of at least 4 members (excludes halogenated alkanes) is 25. The molecule has 0 aromatic rings. The highest BCUT2D eigenvalue weighted by molar-refractivity contribution is 5.77. The molecule has 1 aliphatic rings. The van der Waals surface area contributed by atoms with E-state index in [9.17, 15) is 24.9 Å². The fourth-order valence-electron chi connectivity index (χ4n) is 7.06. The van der Waals surface area contributed by atoms with Crippen LogP contribution in [0.4, 0.5) is 0 Å². The predicted molar refractivity (Wildman–Crippen MR) is 198 cm³/mol. The normalized spacial score (nSPS) is 21.0. The molecule has 0 aliphatic carbocycles. The summed E-state index contributed by atoms with van der Waals surface area (Å²) in [6, 6.07) is -0.970. The zero-order valence-electron chi connectivity index (χ0n) is 31.6. The molecule has 2 amide bonds. The summed E-state index contributed by atoms with van der Waals surface area (Å²) < 4.78 is 6.03. The quantitative estimate of drug-likeness (QED) is 0.0527. The molecule has 8 nitrogen and oxygen atoms in total. The van der Waals surface area contributed by atoms with E-state index >= 15 is 0 Å². The van der Waals surface area contributed by atoms with E-state index in [-0.39, 0.29) is 11.8 Å². The molecule has 0 radical (unpaired) electrons. The summed E-state index contributed by atoms with van der Waals surface area (Å²) in [6.07, 6.45) is 29.3. The minimum atomic E-state index is -1.36. The topological polar surface area (TPSA) is 119 Å². The first kappa shape index (κ1) is 44.8. The molecule has 0 bridgehead atoms. The number of nitrogens with one attached hydrogen (secondary N) is 1. The van der Waals surface area contributed by atoms with Crippen LogP contribution in [-0.2, 0) is 14.3 Å². The van der Waals surface area contributed by atoms with Crippen molar-refractivity contribution in [3.63, 3.8) is 0 Å². The van der Waals surface area contributed by atoms with E-state index in [1.54, 1.807) is 4.90 Å². The molecule has 0 unspecified atom stereocenters. The molecule has 1 saturated heterocycles. The average Bonchev–Trinajstić information content (AvgIpc) is 3.07. The number of carbonyl (C=O) groups is 2. The minimum Gasteiger partial charge on any atom is -0.394 e. The van der Waals surface area contributed by atoms with Crippen LogP contribution in [0.3, 0.4) is 0 Å². The largest absolute Gasteiger partial charge is 0.394 e. The van der Waals surface area contributed by atoms with Gasteiger partial charge in [-0.25, -0.2) is 0 Å². The third-order valence-electron chi connectivity index (χ3n) is 10.1. The minimum absolute atomic E-state index is 0.0625. The lowest BCUT2D eigenvalue weighted by Crippen LogP contribution is -2.68. The number of hydrogen-bond acceptors (Lipinski definition) is 6. The van der Waals surface area contributed by atoms with Crippen LogP contribution in [0.1, 0.15) is 201 Å². The van der Waals surface area contributed by atoms with Gasteiger partial charge in [-0.05, 0) is 12.8 Å². The third kappa shape index (κ3) is 21.1. The van der Waals surface area contributed by atoms with Gasteiger partial charge in [0.2, 0.25) is 11.8 Å². The fourth-order valence-corrected chi connectivity index (χ4v) is 7.06. The molecule has 0 aromatic carbocycles. The Morgan fingerprint density at radius 2 is 0.958 bits per heavy atom. The highest BCUT2D eigenvalue weighted by Gasteiger charge is 2.47. The van der Waals surface area contributed by atoms with Crippen LogP contribution >= 0.6 is 0 Å². The summed E-state index contributed by atoms with van der Waals surface area (Å²) in [4.78, 5) is 27.3. The summed E-state index contributed by atoms with van der Waals surface area (Å²) in [7, 11) is 0. The molecule has 0 saturated carbocycles. The number of carbonyl (C=O) groups excluding carboxylic acids is 2. The lowest BCUT2D eigenvalue weighted by atomic mass is 9.94. The monoisotopic (exact) mass is 683 g/mol. The molecule has 284 valence electrons. The van der Waals surface area contributed by atoms with Crippen LogP contribution < -0.4 is 5.32 Å². The van der Waals surface area contributed by atoms with Gasteiger partial charge in [-0.1, -0.05) is 174 Å². The van der Waals surface area contributed by atoms with Crippen molar-refractivity contribution in [1.82, 2.24) is 10.2 Å². The first-order valence-electron chi connectivity index (χ1n) is 20.6. The predicted octanol–water partition coefficient (Wildman–Crippen LogP) is 8.72. The Morgan fingerprint density at radius 1 is 0.583 bits per heavy atom. The Balaban J connectivity index is 2.49. The zero-order valence-corrected chi connectivity index (χ0v) is 31.6. The van der Waals surface area contributed by atoms with Crippen molar-refractivity contribution in [3.8, 4) is 0 Å². The Morgan fingerprint density at radius 3 is 1.33 bits per heavy atom. The van der Waals surface area contributed by atoms with Gasteiger partial charge >= 0.3 is 0 Å². The highest BCUT2D eigenvalue weighted by Crippen LogP contribution is 2.26. The molecule has 8 heteroatoms. The summed E-state index contributed by atoms with van der Waals surface area (Å²) in [6.45, 7) is 5.83. The lowest BCUT2D eigenvalue weighted by molar-refractivity contribution is -0.231. The molecular formula is C40H78N2O6. The number of rotatable bonds is 32. The van der Waals surface area contributed by atoms with E-state index in [1.165, 1.54) is 142 Å². The smallest absolute Gasteiger partial charge is 0.224 e. The van der Waals surface area contributed by atoms with Crippen molar-refractivity contribution in [2.45, 2.75) is 231 Å². The highest BCUT2D eigenvalue weighted by atomic mass is 16.5. The molecule has 1 aliphatic heterocycles. The third-order valence-corrected chi connectivity index (χ3v) is 10.1. The number of hydrogen-bond donors (Lipinski definition) is 4. The summed E-state index contributed by atoms with van der Waals surface area (Å²) >= 11 is 0. The van der Waals surface area contributed by atoms with E-state index in [0.717, 1.165) is 38.5 Å². The van der Waals surface area contributed by atoms with Crippen LogP contribution in [0.5, 0.6) is 0 Å². The van der Waals surface area contributed by atoms with Gasteiger partial charge in [0.15, 0.2) is 6.23 Å². The summed E-state index contributed by atoms with van der Waals surface area (Å²) in [5.41, 5.74) is 0. The number of amides is 2. The van der Waals surface area contributed by atoms with Crippen molar-refractivity contribution >= 4 is 11.8 Å². The van der Waals surface area contributed by atoms with Gasteiger partial charge in [0.1, 0.15) is 24.4 Å². The first-order chi connectivity index (χ1) is 23.4. The maximum absolute atomic E-state index is 13.6. The van der Waals surface area contributed by atoms with Crippen LogP contribution in [-0.4, -0.2) is 75.8 Å². The van der Waals surface area contributed by atoms with E-state index in [4.69, 9.17) is 4.74 Å². The van der Waals surface area contributed by atoms with Gasteiger partial charge in [-0.15, -0.1) is 0 Å². The van der Waals surface area contributed by atoms with Crippen molar-refractivity contribution in [2.24, 2.45) is 0 Å². The summed E-state index contributed by atoms with van der Waals surface area (Å²) in [5, 5.41) is 33.9. The number of nitrogens with zero attached hydrogens (tertiary/aromatic N) is 1. The van der Waals surface area contributed by atoms with Crippen molar-refractivity contribution < 1.29 is 29.6 Å². The molecule has 0 aromatic heterocycles. The van der Waals surface area contributed by atoms with Crippen molar-refractivity contribution in [3.05, 3.63) is 0 Å². The average molecular weight is 683 g/mol. The van der Waals surface area contributed by atoms with E-state index in [1.807, 2.05) is 0 Å². The second-order valence-corrected chi connectivity index (χ2v) is 14.6. The van der Waals surface area contributed by atoms with Gasteiger partial charge in [0, 0.05) is 19.9 Å². The SMILES string of the molecule is CCCCCCCCCCCCCCCCCCN(C(=O)CCCCCCCCCCCCC)[C@@H]1O[C@H](CO)[C@@H](O)[C@H](O)[C@@H]1NC(C)=O. The fraction of sp³-hybridized carbons (Fsp3) is 0.950. The molecule has 1 heterocycles. The van der Waals surface area contributed by atoms with Gasteiger partial charge < -0.3 is 30.3 Å². The Labute approximate surface area is 295 Å². The maximum Gasteiger partial charge on any atom is 0.224 e. The molecule has 1 fully saturated rings. The molecule has 1 rings (SSSR count). The molecule has 48 heavy (non-hydrogen) atoms. The Hall–Kier alpha value is -1.22. The van der Waals surface area contributed by atoms with Crippen LogP contribution in [0.25, 0.3) is 0 Å². The van der Waals surface area contributed by atoms with Gasteiger partial charge in [-0.3, -0.25) is 9.59 Å². The lowest BCUT2D eigenvalue weighted by Gasteiger charge is -2.46.